The van der Waals surface area contributed by atoms with Gasteiger partial charge in [-0.1, -0.05) is 24.3 Å². The van der Waals surface area contributed by atoms with Crippen LogP contribution in [0.2, 0.25) is 0 Å². The van der Waals surface area contributed by atoms with Crippen molar-refractivity contribution in [3.63, 3.8) is 0 Å². The average molecular weight is 262 g/mol. The number of nitrogens with zero attached hydrogens (tertiary/aromatic N) is 1. The smallest absolute Gasteiger partial charge is 0.333 e. The summed E-state index contributed by atoms with van der Waals surface area (Å²) in [5, 5.41) is 10.9. The Labute approximate surface area is 108 Å². The van der Waals surface area contributed by atoms with Crippen LogP contribution in [0.25, 0.3) is 0 Å². The molecule has 2 aromatic rings. The fourth-order valence-electron chi connectivity index (χ4n) is 1.62. The number of hydrogen-bond acceptors (Lipinski definition) is 4. The monoisotopic (exact) mass is 262 g/mol. The van der Waals surface area contributed by atoms with E-state index in [1.807, 2.05) is 0 Å². The third-order valence-electron chi connectivity index (χ3n) is 2.55. The minimum Gasteiger partial charge on any atom is -0.482 e. The van der Waals surface area contributed by atoms with Gasteiger partial charge in [0.2, 0.25) is 0 Å². The lowest BCUT2D eigenvalue weighted by Gasteiger charge is -2.08. The number of anilines is 1. The molecule has 0 bridgehead atoms. The summed E-state index contributed by atoms with van der Waals surface area (Å²) in [6.07, 6.45) is 0. The highest BCUT2D eigenvalue weighted by atomic mass is 19.1. The van der Waals surface area contributed by atoms with E-state index in [-0.39, 0.29) is 23.7 Å². The molecule has 0 saturated carbocycles. The molecule has 0 heterocycles. The Balaban J connectivity index is 2.23. The van der Waals surface area contributed by atoms with Crippen molar-refractivity contribution in [2.24, 2.45) is 0 Å². The molecule has 0 atom stereocenters. The molecule has 0 saturated heterocycles. The van der Waals surface area contributed by atoms with Crippen molar-refractivity contribution in [1.29, 1.82) is 0 Å². The molecule has 0 aromatic heterocycles. The first-order chi connectivity index (χ1) is 9.09. The maximum absolute atomic E-state index is 13.4. The molecule has 0 aliphatic heterocycles. The topological polar surface area (TPSA) is 78.4 Å². The van der Waals surface area contributed by atoms with Gasteiger partial charge in [0.1, 0.15) is 18.1 Å². The highest BCUT2D eigenvalue weighted by Gasteiger charge is 2.19. The first-order valence-corrected chi connectivity index (χ1v) is 5.48. The van der Waals surface area contributed by atoms with Crippen molar-refractivity contribution in [3.8, 4) is 5.75 Å². The van der Waals surface area contributed by atoms with Crippen LogP contribution < -0.4 is 10.5 Å². The van der Waals surface area contributed by atoms with Gasteiger partial charge in [-0.2, -0.15) is 0 Å². The van der Waals surface area contributed by atoms with Crippen LogP contribution >= 0.6 is 0 Å². The quantitative estimate of drug-likeness (QED) is 0.522. The molecule has 0 amide bonds. The molecule has 0 aliphatic carbocycles. The largest absolute Gasteiger partial charge is 0.482 e. The number of nitro groups is 1. The van der Waals surface area contributed by atoms with Crippen LogP contribution in [0.4, 0.5) is 15.8 Å². The van der Waals surface area contributed by atoms with Gasteiger partial charge in [0.25, 0.3) is 0 Å². The first kappa shape index (κ1) is 12.8. The van der Waals surface area contributed by atoms with Crippen molar-refractivity contribution >= 4 is 11.4 Å². The molecule has 0 aliphatic rings. The Morgan fingerprint density at radius 1 is 1.21 bits per heavy atom. The minimum absolute atomic E-state index is 0.0102. The van der Waals surface area contributed by atoms with E-state index in [2.05, 4.69) is 0 Å². The van der Waals surface area contributed by atoms with Crippen LogP contribution in [0, 0.1) is 15.9 Å². The van der Waals surface area contributed by atoms with Crippen molar-refractivity contribution < 1.29 is 14.1 Å². The summed E-state index contributed by atoms with van der Waals surface area (Å²) in [5.74, 6) is -0.401. The van der Waals surface area contributed by atoms with Crippen molar-refractivity contribution in [3.05, 3.63) is 64.0 Å². The number of nitrogen functional groups attached to an aromatic ring is 1. The van der Waals surface area contributed by atoms with E-state index in [1.165, 1.54) is 18.2 Å². The van der Waals surface area contributed by atoms with Gasteiger partial charge in [-0.05, 0) is 18.2 Å². The predicted octanol–water partition coefficient (Wildman–Crippen LogP) is 2.90. The SMILES string of the molecule is Nc1cccc(OCc2ccccc2F)c1[N+](=O)[O-]. The second kappa shape index (κ2) is 5.34. The summed E-state index contributed by atoms with van der Waals surface area (Å²) in [6, 6.07) is 10.4. The summed E-state index contributed by atoms with van der Waals surface area (Å²) in [7, 11) is 0. The van der Waals surface area contributed by atoms with Gasteiger partial charge in [-0.25, -0.2) is 4.39 Å². The minimum atomic E-state index is -0.619. The number of para-hydroxylation sites is 1. The van der Waals surface area contributed by atoms with Gasteiger partial charge in [-0.15, -0.1) is 0 Å². The fraction of sp³-hybridized carbons (Fsp3) is 0.0769. The number of halogens is 1. The van der Waals surface area contributed by atoms with E-state index in [9.17, 15) is 14.5 Å². The van der Waals surface area contributed by atoms with Gasteiger partial charge in [-0.3, -0.25) is 10.1 Å². The number of nitro benzene ring substituents is 1. The molecular weight excluding hydrogens is 251 g/mol. The normalized spacial score (nSPS) is 10.2. The molecule has 0 unspecified atom stereocenters. The Hall–Kier alpha value is -2.63. The summed E-state index contributed by atoms with van der Waals surface area (Å²) in [6.45, 7) is -0.100. The second-order valence-electron chi connectivity index (χ2n) is 3.83. The Kier molecular flexibility index (Phi) is 3.61. The van der Waals surface area contributed by atoms with E-state index < -0.39 is 10.7 Å². The molecule has 0 radical (unpaired) electrons. The summed E-state index contributed by atoms with van der Waals surface area (Å²) >= 11 is 0. The molecule has 6 heteroatoms. The molecule has 2 N–H and O–H groups in total. The molecule has 98 valence electrons. The number of benzene rings is 2. The van der Waals surface area contributed by atoms with E-state index in [1.54, 1.807) is 24.3 Å². The van der Waals surface area contributed by atoms with Gasteiger partial charge in [0.05, 0.1) is 4.92 Å². The highest BCUT2D eigenvalue weighted by molar-refractivity contribution is 5.65. The molecule has 0 fully saturated rings. The molecular formula is C13H11FN2O3. The highest BCUT2D eigenvalue weighted by Crippen LogP contribution is 2.33. The zero-order chi connectivity index (χ0) is 13.8. The van der Waals surface area contributed by atoms with E-state index in [0.717, 1.165) is 0 Å². The lowest BCUT2D eigenvalue weighted by atomic mass is 10.2. The first-order valence-electron chi connectivity index (χ1n) is 5.48. The van der Waals surface area contributed by atoms with Crippen molar-refractivity contribution in [2.75, 3.05) is 5.73 Å². The lowest BCUT2D eigenvalue weighted by Crippen LogP contribution is -2.03. The molecule has 19 heavy (non-hydrogen) atoms. The van der Waals surface area contributed by atoms with E-state index in [0.29, 0.717) is 5.56 Å². The number of rotatable bonds is 4. The summed E-state index contributed by atoms with van der Waals surface area (Å²) in [5.41, 5.74) is 5.55. The van der Waals surface area contributed by atoms with E-state index >= 15 is 0 Å². The van der Waals surface area contributed by atoms with Crippen LogP contribution in [-0.4, -0.2) is 4.92 Å². The maximum atomic E-state index is 13.4. The lowest BCUT2D eigenvalue weighted by molar-refractivity contribution is -0.385. The van der Waals surface area contributed by atoms with Gasteiger partial charge < -0.3 is 10.5 Å². The summed E-state index contributed by atoms with van der Waals surface area (Å²) in [4.78, 5) is 10.3. The van der Waals surface area contributed by atoms with Crippen molar-refractivity contribution in [2.45, 2.75) is 6.61 Å². The van der Waals surface area contributed by atoms with Crippen LogP contribution in [0.1, 0.15) is 5.56 Å². The van der Waals surface area contributed by atoms with Crippen molar-refractivity contribution in [1.82, 2.24) is 0 Å². The zero-order valence-electron chi connectivity index (χ0n) is 9.88. The Morgan fingerprint density at radius 3 is 2.63 bits per heavy atom. The van der Waals surface area contributed by atoms with Crippen LogP contribution in [-0.2, 0) is 6.61 Å². The predicted molar refractivity (Wildman–Crippen MR) is 68.2 cm³/mol. The third-order valence-corrected chi connectivity index (χ3v) is 2.55. The average Bonchev–Trinajstić information content (AvgIpc) is 2.37. The standard InChI is InChI=1S/C13H11FN2O3/c14-10-5-2-1-4-9(10)8-19-12-7-3-6-11(15)13(12)16(17)18/h1-7H,8,15H2. The van der Waals surface area contributed by atoms with Crippen LogP contribution in [0.15, 0.2) is 42.5 Å². The molecule has 2 rings (SSSR count). The third kappa shape index (κ3) is 2.79. The number of ether oxygens (including phenoxy) is 1. The van der Waals surface area contributed by atoms with Gasteiger partial charge in [0, 0.05) is 5.56 Å². The maximum Gasteiger partial charge on any atom is 0.333 e. The number of hydrogen-bond donors (Lipinski definition) is 1. The zero-order valence-corrected chi connectivity index (χ0v) is 9.88. The number of nitrogens with two attached hydrogens (primary N) is 1. The van der Waals surface area contributed by atoms with Crippen LogP contribution in [0.5, 0.6) is 5.75 Å². The Bertz CT molecular complexity index is 617. The molecule has 2 aromatic carbocycles. The molecule has 0 spiro atoms. The second-order valence-corrected chi connectivity index (χ2v) is 3.83. The summed E-state index contributed by atoms with van der Waals surface area (Å²) < 4.78 is 18.7. The van der Waals surface area contributed by atoms with Crippen LogP contribution in [0.3, 0.4) is 0 Å². The fourth-order valence-corrected chi connectivity index (χ4v) is 1.62. The Morgan fingerprint density at radius 2 is 1.95 bits per heavy atom. The van der Waals surface area contributed by atoms with Gasteiger partial charge in [0.15, 0.2) is 5.75 Å². The van der Waals surface area contributed by atoms with E-state index in [4.69, 9.17) is 10.5 Å². The van der Waals surface area contributed by atoms with Gasteiger partial charge >= 0.3 is 5.69 Å². The molecule has 5 nitrogen and oxygen atoms in total.